The predicted molar refractivity (Wildman–Crippen MR) is 98.3 cm³/mol. The monoisotopic (exact) mass is 335 g/mol. The molecule has 5 heteroatoms. The maximum atomic E-state index is 12.3. The van der Waals surface area contributed by atoms with Crippen molar-refractivity contribution in [1.29, 1.82) is 0 Å². The molecule has 128 valence electrons. The number of rotatable bonds is 6. The van der Waals surface area contributed by atoms with E-state index in [0.717, 1.165) is 17.3 Å². The molecular formula is C20H21N3O2. The minimum absolute atomic E-state index is 0.0923. The quantitative estimate of drug-likeness (QED) is 0.726. The average Bonchev–Trinajstić information content (AvgIpc) is 2.96. The third-order valence-corrected chi connectivity index (χ3v) is 4.35. The van der Waals surface area contributed by atoms with Gasteiger partial charge in [0.25, 0.3) is 5.91 Å². The standard InChI is InChI=1S/C20H21N3O2/c1-14-6-2-3-7-15(14)10-11-22-19(24)13-23-12-17(20(21)25)16-8-4-5-9-18(16)23/h2-9,12H,10-11,13H2,1H3,(H2,21,25)(H,22,24). The summed E-state index contributed by atoms with van der Waals surface area (Å²) in [7, 11) is 0. The van der Waals surface area contributed by atoms with Crippen molar-refractivity contribution in [2.75, 3.05) is 6.54 Å². The molecule has 0 fully saturated rings. The van der Waals surface area contributed by atoms with Crippen LogP contribution >= 0.6 is 0 Å². The Labute approximate surface area is 146 Å². The topological polar surface area (TPSA) is 77.1 Å². The summed E-state index contributed by atoms with van der Waals surface area (Å²) >= 11 is 0. The maximum Gasteiger partial charge on any atom is 0.250 e. The molecule has 3 N–H and O–H groups in total. The molecule has 0 radical (unpaired) electrons. The van der Waals surface area contributed by atoms with Crippen LogP contribution in [0, 0.1) is 6.92 Å². The van der Waals surface area contributed by atoms with Gasteiger partial charge in [-0.2, -0.15) is 0 Å². The first-order chi connectivity index (χ1) is 12.1. The van der Waals surface area contributed by atoms with Crippen LogP contribution in [0.4, 0.5) is 0 Å². The van der Waals surface area contributed by atoms with Crippen LogP contribution in [0.15, 0.2) is 54.7 Å². The lowest BCUT2D eigenvalue weighted by molar-refractivity contribution is -0.121. The molecule has 1 heterocycles. The van der Waals surface area contributed by atoms with Crippen molar-refractivity contribution in [3.8, 4) is 0 Å². The first-order valence-corrected chi connectivity index (χ1v) is 8.25. The molecule has 25 heavy (non-hydrogen) atoms. The van der Waals surface area contributed by atoms with Gasteiger partial charge in [-0.25, -0.2) is 0 Å². The van der Waals surface area contributed by atoms with E-state index in [1.54, 1.807) is 10.8 Å². The number of aryl methyl sites for hydroxylation is 1. The zero-order valence-corrected chi connectivity index (χ0v) is 14.2. The highest BCUT2D eigenvalue weighted by Gasteiger charge is 2.13. The number of para-hydroxylation sites is 1. The lowest BCUT2D eigenvalue weighted by Crippen LogP contribution is -2.29. The number of nitrogens with two attached hydrogens (primary N) is 1. The van der Waals surface area contributed by atoms with Gasteiger partial charge in [0.2, 0.25) is 5.91 Å². The van der Waals surface area contributed by atoms with Crippen molar-refractivity contribution in [1.82, 2.24) is 9.88 Å². The molecule has 3 aromatic rings. The zero-order valence-electron chi connectivity index (χ0n) is 14.2. The molecular weight excluding hydrogens is 314 g/mol. The van der Waals surface area contributed by atoms with Gasteiger partial charge in [-0.1, -0.05) is 42.5 Å². The molecule has 3 rings (SSSR count). The van der Waals surface area contributed by atoms with Gasteiger partial charge in [0.1, 0.15) is 6.54 Å². The Hall–Kier alpha value is -3.08. The highest BCUT2D eigenvalue weighted by molar-refractivity contribution is 6.06. The van der Waals surface area contributed by atoms with Crippen LogP contribution < -0.4 is 11.1 Å². The number of hydrogen-bond donors (Lipinski definition) is 2. The predicted octanol–water partition coefficient (Wildman–Crippen LogP) is 2.41. The first-order valence-electron chi connectivity index (χ1n) is 8.25. The summed E-state index contributed by atoms with van der Waals surface area (Å²) in [6.45, 7) is 2.79. The smallest absolute Gasteiger partial charge is 0.250 e. The Morgan fingerprint density at radius 2 is 1.80 bits per heavy atom. The van der Waals surface area contributed by atoms with Crippen LogP contribution in [0.3, 0.4) is 0 Å². The lowest BCUT2D eigenvalue weighted by Gasteiger charge is -2.09. The van der Waals surface area contributed by atoms with E-state index in [9.17, 15) is 9.59 Å². The number of nitrogens with zero attached hydrogens (tertiary/aromatic N) is 1. The summed E-state index contributed by atoms with van der Waals surface area (Å²) in [5.41, 5.74) is 9.14. The number of benzene rings is 2. The van der Waals surface area contributed by atoms with E-state index in [0.29, 0.717) is 12.1 Å². The summed E-state index contributed by atoms with van der Waals surface area (Å²) in [5, 5.41) is 3.70. The molecule has 1 aromatic heterocycles. The van der Waals surface area contributed by atoms with E-state index in [4.69, 9.17) is 5.73 Å². The van der Waals surface area contributed by atoms with E-state index in [2.05, 4.69) is 24.4 Å². The Morgan fingerprint density at radius 1 is 1.08 bits per heavy atom. The minimum Gasteiger partial charge on any atom is -0.366 e. The minimum atomic E-state index is -0.491. The largest absolute Gasteiger partial charge is 0.366 e. The van der Waals surface area contributed by atoms with Gasteiger partial charge < -0.3 is 15.6 Å². The third-order valence-electron chi connectivity index (χ3n) is 4.35. The Kier molecular flexibility index (Phi) is 4.84. The number of nitrogens with one attached hydrogen (secondary N) is 1. The fourth-order valence-corrected chi connectivity index (χ4v) is 3.01. The molecule has 2 aromatic carbocycles. The second-order valence-corrected chi connectivity index (χ2v) is 6.08. The fourth-order valence-electron chi connectivity index (χ4n) is 3.01. The summed E-state index contributed by atoms with van der Waals surface area (Å²) in [4.78, 5) is 23.8. The summed E-state index contributed by atoms with van der Waals surface area (Å²) in [6.07, 6.45) is 2.44. The van der Waals surface area contributed by atoms with Crippen molar-refractivity contribution in [2.45, 2.75) is 19.9 Å². The van der Waals surface area contributed by atoms with Crippen LogP contribution in [0.2, 0.25) is 0 Å². The number of fused-ring (bicyclic) bond motifs is 1. The normalized spacial score (nSPS) is 10.8. The SMILES string of the molecule is Cc1ccccc1CCNC(=O)Cn1cc(C(N)=O)c2ccccc21. The van der Waals surface area contributed by atoms with Gasteiger partial charge in [0.15, 0.2) is 0 Å². The van der Waals surface area contributed by atoms with Crippen molar-refractivity contribution in [2.24, 2.45) is 5.73 Å². The Balaban J connectivity index is 1.66. The number of primary amides is 1. The third kappa shape index (κ3) is 3.71. The lowest BCUT2D eigenvalue weighted by atomic mass is 10.1. The molecule has 0 aliphatic carbocycles. The molecule has 0 spiro atoms. The number of hydrogen-bond acceptors (Lipinski definition) is 2. The summed E-state index contributed by atoms with van der Waals surface area (Å²) < 4.78 is 1.76. The molecule has 0 aliphatic rings. The van der Waals surface area contributed by atoms with E-state index in [1.165, 1.54) is 11.1 Å². The van der Waals surface area contributed by atoms with Gasteiger partial charge in [-0.3, -0.25) is 9.59 Å². The number of carbonyl (C=O) groups excluding carboxylic acids is 2. The van der Waals surface area contributed by atoms with E-state index in [1.807, 2.05) is 36.4 Å². The second-order valence-electron chi connectivity index (χ2n) is 6.08. The second kappa shape index (κ2) is 7.21. The van der Waals surface area contributed by atoms with Crippen LogP contribution in [-0.4, -0.2) is 22.9 Å². The van der Waals surface area contributed by atoms with E-state index in [-0.39, 0.29) is 12.5 Å². The molecule has 2 amide bonds. The first kappa shape index (κ1) is 16.8. The van der Waals surface area contributed by atoms with Crippen molar-refractivity contribution < 1.29 is 9.59 Å². The van der Waals surface area contributed by atoms with Crippen molar-refractivity contribution >= 4 is 22.7 Å². The number of amides is 2. The van der Waals surface area contributed by atoms with E-state index >= 15 is 0 Å². The summed E-state index contributed by atoms with van der Waals surface area (Å²) in [5.74, 6) is -0.583. The highest BCUT2D eigenvalue weighted by atomic mass is 16.2. The molecule has 0 atom stereocenters. The van der Waals surface area contributed by atoms with Gasteiger partial charge in [0.05, 0.1) is 5.56 Å². The molecule has 0 saturated carbocycles. The van der Waals surface area contributed by atoms with E-state index < -0.39 is 5.91 Å². The molecule has 0 aliphatic heterocycles. The van der Waals surface area contributed by atoms with Gasteiger partial charge in [-0.05, 0) is 30.5 Å². The van der Waals surface area contributed by atoms with Crippen molar-refractivity contribution in [3.05, 3.63) is 71.4 Å². The average molecular weight is 335 g/mol. The van der Waals surface area contributed by atoms with Gasteiger partial charge in [-0.15, -0.1) is 0 Å². The Morgan fingerprint density at radius 3 is 2.56 bits per heavy atom. The number of aromatic nitrogens is 1. The maximum absolute atomic E-state index is 12.3. The Bertz CT molecular complexity index is 928. The zero-order chi connectivity index (χ0) is 17.8. The number of carbonyl (C=O) groups is 2. The highest BCUT2D eigenvalue weighted by Crippen LogP contribution is 2.20. The summed E-state index contributed by atoms with van der Waals surface area (Å²) in [6, 6.07) is 15.6. The van der Waals surface area contributed by atoms with Crippen LogP contribution in [0.25, 0.3) is 10.9 Å². The fraction of sp³-hybridized carbons (Fsp3) is 0.200. The van der Waals surface area contributed by atoms with Gasteiger partial charge >= 0.3 is 0 Å². The molecule has 5 nitrogen and oxygen atoms in total. The molecule has 0 saturated heterocycles. The molecule has 0 bridgehead atoms. The van der Waals surface area contributed by atoms with Crippen LogP contribution in [0.1, 0.15) is 21.5 Å². The van der Waals surface area contributed by atoms with Crippen molar-refractivity contribution in [3.63, 3.8) is 0 Å². The molecule has 0 unspecified atom stereocenters. The van der Waals surface area contributed by atoms with Crippen LogP contribution in [0.5, 0.6) is 0 Å². The van der Waals surface area contributed by atoms with Gasteiger partial charge in [0, 0.05) is 23.6 Å². The van der Waals surface area contributed by atoms with Crippen LogP contribution in [-0.2, 0) is 17.8 Å².